The number of hydrogen-bond donors (Lipinski definition) is 1. The summed E-state index contributed by atoms with van der Waals surface area (Å²) < 4.78 is 13.6. The molecule has 0 saturated heterocycles. The van der Waals surface area contributed by atoms with Crippen molar-refractivity contribution in [1.29, 1.82) is 0 Å². The second-order valence-electron chi connectivity index (χ2n) is 5.89. The molecule has 2 aromatic carbocycles. The molecule has 3 aromatic rings. The molecule has 1 unspecified atom stereocenters. The van der Waals surface area contributed by atoms with Crippen LogP contribution in [0.4, 0.5) is 0 Å². The van der Waals surface area contributed by atoms with E-state index in [1.807, 2.05) is 56.4 Å². The molecule has 1 aromatic heterocycles. The van der Waals surface area contributed by atoms with Gasteiger partial charge in [0.1, 0.15) is 18.2 Å². The van der Waals surface area contributed by atoms with E-state index in [9.17, 15) is 0 Å². The first-order chi connectivity index (χ1) is 12.2. The van der Waals surface area contributed by atoms with Gasteiger partial charge in [-0.15, -0.1) is 0 Å². The third-order valence-electron chi connectivity index (χ3n) is 4.26. The molecule has 0 fully saturated rings. The summed E-state index contributed by atoms with van der Waals surface area (Å²) in [6.45, 7) is 3.10. The van der Waals surface area contributed by atoms with Gasteiger partial charge in [0, 0.05) is 26.7 Å². The number of ether oxygens (including phenoxy) is 2. The Balaban J connectivity index is 1.67. The Labute approximate surface area is 147 Å². The van der Waals surface area contributed by atoms with Crippen LogP contribution in [0, 0.1) is 0 Å². The summed E-state index contributed by atoms with van der Waals surface area (Å²) in [7, 11) is 2.00. The molecule has 0 spiro atoms. The van der Waals surface area contributed by atoms with Crippen LogP contribution in [-0.4, -0.2) is 27.9 Å². The van der Waals surface area contributed by atoms with Crippen molar-refractivity contribution in [3.63, 3.8) is 0 Å². The molecule has 1 N–H and O–H groups in total. The number of aromatic nitrogens is 2. The van der Waals surface area contributed by atoms with E-state index in [1.54, 1.807) is 0 Å². The van der Waals surface area contributed by atoms with Crippen molar-refractivity contribution in [2.24, 2.45) is 7.05 Å². The van der Waals surface area contributed by atoms with Gasteiger partial charge in [-0.1, -0.05) is 24.3 Å². The zero-order chi connectivity index (χ0) is 17.6. The van der Waals surface area contributed by atoms with Crippen LogP contribution < -0.4 is 4.74 Å². The maximum absolute atomic E-state index is 9.16. The maximum atomic E-state index is 9.16. The lowest BCUT2D eigenvalue weighted by Crippen LogP contribution is -2.07. The van der Waals surface area contributed by atoms with Crippen molar-refractivity contribution in [2.45, 2.75) is 26.1 Å². The Morgan fingerprint density at radius 3 is 2.56 bits per heavy atom. The zero-order valence-electron chi connectivity index (χ0n) is 14.7. The van der Waals surface area contributed by atoms with Crippen molar-refractivity contribution in [1.82, 2.24) is 9.55 Å². The molecule has 1 heterocycles. The van der Waals surface area contributed by atoms with Gasteiger partial charge in [-0.05, 0) is 36.8 Å². The van der Waals surface area contributed by atoms with Gasteiger partial charge in [0.2, 0.25) is 0 Å². The topological polar surface area (TPSA) is 56.5 Å². The Morgan fingerprint density at radius 1 is 1.12 bits per heavy atom. The highest BCUT2D eigenvalue weighted by Crippen LogP contribution is 2.24. The number of nitrogens with zero attached hydrogens (tertiary/aromatic N) is 2. The van der Waals surface area contributed by atoms with Crippen LogP contribution in [0.25, 0.3) is 11.0 Å². The minimum Gasteiger partial charge on any atom is -0.486 e. The Kier molecular flexibility index (Phi) is 5.68. The fraction of sp³-hybridized carbons (Fsp3) is 0.350. The molecule has 3 rings (SSSR count). The lowest BCUT2D eigenvalue weighted by atomic mass is 10.1. The molecular weight excluding hydrogens is 316 g/mol. The third kappa shape index (κ3) is 4.00. The molecule has 5 heteroatoms. The summed E-state index contributed by atoms with van der Waals surface area (Å²) in [5, 5.41) is 9.16. The van der Waals surface area contributed by atoms with Gasteiger partial charge in [0.15, 0.2) is 0 Å². The monoisotopic (exact) mass is 340 g/mol. The van der Waals surface area contributed by atoms with E-state index in [0.717, 1.165) is 28.2 Å². The second-order valence-corrected chi connectivity index (χ2v) is 5.89. The lowest BCUT2D eigenvalue weighted by Gasteiger charge is -2.16. The van der Waals surface area contributed by atoms with Gasteiger partial charge in [0.05, 0.1) is 17.1 Å². The summed E-state index contributed by atoms with van der Waals surface area (Å²) in [6, 6.07) is 15.9. The minimum absolute atomic E-state index is 0.0797. The number of para-hydroxylation sites is 2. The Bertz CT molecular complexity index is 805. The zero-order valence-corrected chi connectivity index (χ0v) is 14.7. The summed E-state index contributed by atoms with van der Waals surface area (Å²) in [6.07, 6.45) is 0.511. The number of aliphatic hydroxyl groups is 1. The Morgan fingerprint density at radius 2 is 1.88 bits per heavy atom. The van der Waals surface area contributed by atoms with Crippen LogP contribution in [-0.2, 0) is 18.4 Å². The van der Waals surface area contributed by atoms with Crippen molar-refractivity contribution in [3.8, 4) is 5.75 Å². The molecule has 25 heavy (non-hydrogen) atoms. The van der Waals surface area contributed by atoms with Gasteiger partial charge in [0.25, 0.3) is 0 Å². The minimum atomic E-state index is -0.0797. The fourth-order valence-electron chi connectivity index (χ4n) is 2.92. The SMILES string of the molecule is CCOC(CCO)c1ccc(OCc2nc3ccccc3n2C)cc1. The predicted octanol–water partition coefficient (Wildman–Crippen LogP) is 3.61. The van der Waals surface area contributed by atoms with E-state index in [1.165, 1.54) is 0 Å². The van der Waals surface area contributed by atoms with E-state index in [4.69, 9.17) is 14.6 Å². The first kappa shape index (κ1) is 17.5. The summed E-state index contributed by atoms with van der Waals surface area (Å²) in [4.78, 5) is 4.61. The van der Waals surface area contributed by atoms with Crippen molar-refractivity contribution >= 4 is 11.0 Å². The smallest absolute Gasteiger partial charge is 0.147 e. The van der Waals surface area contributed by atoms with Crippen molar-refractivity contribution in [3.05, 3.63) is 59.9 Å². The molecule has 0 aliphatic heterocycles. The van der Waals surface area contributed by atoms with Gasteiger partial charge in [-0.2, -0.15) is 0 Å². The van der Waals surface area contributed by atoms with E-state index in [2.05, 4.69) is 15.6 Å². The molecule has 5 nitrogen and oxygen atoms in total. The molecule has 0 amide bonds. The molecule has 132 valence electrons. The summed E-state index contributed by atoms with van der Waals surface area (Å²) in [5.41, 5.74) is 3.12. The van der Waals surface area contributed by atoms with Crippen LogP contribution in [0.3, 0.4) is 0 Å². The number of benzene rings is 2. The van der Waals surface area contributed by atoms with Crippen LogP contribution in [0.1, 0.15) is 30.8 Å². The van der Waals surface area contributed by atoms with Gasteiger partial charge in [-0.3, -0.25) is 0 Å². The van der Waals surface area contributed by atoms with Gasteiger partial charge < -0.3 is 19.1 Å². The summed E-state index contributed by atoms with van der Waals surface area (Å²) in [5.74, 6) is 1.67. The Hall–Kier alpha value is -2.37. The highest BCUT2D eigenvalue weighted by Gasteiger charge is 2.11. The highest BCUT2D eigenvalue weighted by atomic mass is 16.5. The molecule has 0 saturated carbocycles. The molecule has 0 radical (unpaired) electrons. The first-order valence-electron chi connectivity index (χ1n) is 8.58. The molecular formula is C20H24N2O3. The average molecular weight is 340 g/mol. The van der Waals surface area contributed by atoms with Crippen LogP contribution in [0.2, 0.25) is 0 Å². The maximum Gasteiger partial charge on any atom is 0.147 e. The lowest BCUT2D eigenvalue weighted by molar-refractivity contribution is 0.0431. The number of imidazole rings is 1. The van der Waals surface area contributed by atoms with E-state index < -0.39 is 0 Å². The molecule has 1 atom stereocenters. The van der Waals surface area contributed by atoms with Gasteiger partial charge in [-0.25, -0.2) is 4.98 Å². The number of fused-ring (bicyclic) bond motifs is 1. The van der Waals surface area contributed by atoms with Crippen molar-refractivity contribution in [2.75, 3.05) is 13.2 Å². The second kappa shape index (κ2) is 8.14. The number of rotatable bonds is 8. The van der Waals surface area contributed by atoms with Crippen LogP contribution in [0.15, 0.2) is 48.5 Å². The van der Waals surface area contributed by atoms with E-state index in [0.29, 0.717) is 19.6 Å². The van der Waals surface area contributed by atoms with Gasteiger partial charge >= 0.3 is 0 Å². The standard InChI is InChI=1S/C20H24N2O3/c1-3-24-19(12-13-23)15-8-10-16(11-9-15)25-14-20-21-17-6-4-5-7-18(17)22(20)2/h4-11,19,23H,3,12-14H2,1-2H3. The fourth-order valence-corrected chi connectivity index (χ4v) is 2.92. The van der Waals surface area contributed by atoms with E-state index in [-0.39, 0.29) is 12.7 Å². The van der Waals surface area contributed by atoms with E-state index >= 15 is 0 Å². The molecule has 0 aliphatic carbocycles. The van der Waals surface area contributed by atoms with Crippen molar-refractivity contribution < 1.29 is 14.6 Å². The average Bonchev–Trinajstić information content (AvgIpc) is 2.97. The number of hydrogen-bond acceptors (Lipinski definition) is 4. The number of aliphatic hydroxyl groups excluding tert-OH is 1. The quantitative estimate of drug-likeness (QED) is 0.680. The third-order valence-corrected chi connectivity index (χ3v) is 4.26. The first-order valence-corrected chi connectivity index (χ1v) is 8.58. The highest BCUT2D eigenvalue weighted by molar-refractivity contribution is 5.75. The summed E-state index contributed by atoms with van der Waals surface area (Å²) >= 11 is 0. The normalized spacial score (nSPS) is 12.4. The predicted molar refractivity (Wildman–Crippen MR) is 97.6 cm³/mol. The molecule has 0 aliphatic rings. The largest absolute Gasteiger partial charge is 0.486 e. The number of aryl methyl sites for hydroxylation is 1. The van der Waals surface area contributed by atoms with Crippen LogP contribution in [0.5, 0.6) is 5.75 Å². The van der Waals surface area contributed by atoms with Crippen LogP contribution >= 0.6 is 0 Å². The molecule has 0 bridgehead atoms.